The van der Waals surface area contributed by atoms with E-state index >= 15 is 0 Å². The van der Waals surface area contributed by atoms with Crippen LogP contribution in [0.3, 0.4) is 0 Å². The molecule has 1 aliphatic heterocycles. The number of rotatable bonds is 3. The molecule has 3 amide bonds. The van der Waals surface area contributed by atoms with Crippen molar-refractivity contribution < 1.29 is 9.59 Å². The molecule has 8 heteroatoms. The summed E-state index contributed by atoms with van der Waals surface area (Å²) in [4.78, 5) is 36.3. The number of hydrogen-bond acceptors (Lipinski definition) is 5. The highest BCUT2D eigenvalue weighted by Gasteiger charge is 2.22. The molecule has 1 aliphatic rings. The summed E-state index contributed by atoms with van der Waals surface area (Å²) in [6.45, 7) is 6.28. The number of carbonyl (C=O) groups is 2. The molecule has 1 aromatic heterocycles. The third kappa shape index (κ3) is 4.08. The van der Waals surface area contributed by atoms with E-state index in [-0.39, 0.29) is 6.03 Å². The summed E-state index contributed by atoms with van der Waals surface area (Å²) in [6.07, 6.45) is 1.74. The molecule has 0 aliphatic carbocycles. The third-order valence-electron chi connectivity index (χ3n) is 4.27. The summed E-state index contributed by atoms with van der Waals surface area (Å²) >= 11 is 0. The van der Waals surface area contributed by atoms with Gasteiger partial charge in [0.2, 0.25) is 5.91 Å². The van der Waals surface area contributed by atoms with Gasteiger partial charge in [0.1, 0.15) is 11.6 Å². The van der Waals surface area contributed by atoms with Crippen LogP contribution in [0.5, 0.6) is 0 Å². The number of hydrogen-bond donors (Lipinski definition) is 2. The van der Waals surface area contributed by atoms with Crippen LogP contribution in [0.25, 0.3) is 0 Å². The Bertz CT molecular complexity index is 830. The summed E-state index contributed by atoms with van der Waals surface area (Å²) in [5.41, 5.74) is 7.14. The van der Waals surface area contributed by atoms with Gasteiger partial charge in [-0.3, -0.25) is 4.79 Å². The second-order valence-corrected chi connectivity index (χ2v) is 6.32. The molecule has 1 aromatic carbocycles. The number of nitrogens with zero attached hydrogens (tertiary/aromatic N) is 4. The highest BCUT2D eigenvalue weighted by molar-refractivity contribution is 5.96. The predicted molar refractivity (Wildman–Crippen MR) is 99.3 cm³/mol. The minimum absolute atomic E-state index is 0.190. The maximum atomic E-state index is 12.5. The maximum absolute atomic E-state index is 12.5. The van der Waals surface area contributed by atoms with Crippen LogP contribution in [0.1, 0.15) is 21.7 Å². The van der Waals surface area contributed by atoms with Crippen molar-refractivity contribution in [2.45, 2.75) is 13.8 Å². The molecule has 0 spiro atoms. The van der Waals surface area contributed by atoms with Crippen LogP contribution in [-0.2, 0) is 0 Å². The molecule has 136 valence electrons. The first-order valence-corrected chi connectivity index (χ1v) is 8.44. The molecule has 1 saturated heterocycles. The van der Waals surface area contributed by atoms with Crippen molar-refractivity contribution in [3.63, 3.8) is 0 Å². The number of nitrogens with one attached hydrogen (secondary N) is 1. The van der Waals surface area contributed by atoms with Gasteiger partial charge in [-0.2, -0.15) is 0 Å². The van der Waals surface area contributed by atoms with E-state index in [1.54, 1.807) is 23.2 Å². The van der Waals surface area contributed by atoms with Crippen molar-refractivity contribution in [1.29, 1.82) is 0 Å². The van der Waals surface area contributed by atoms with Crippen LogP contribution in [0, 0.1) is 13.8 Å². The Morgan fingerprint density at radius 3 is 2.50 bits per heavy atom. The molecule has 26 heavy (non-hydrogen) atoms. The fourth-order valence-electron chi connectivity index (χ4n) is 2.96. The number of benzene rings is 1. The minimum Gasteiger partial charge on any atom is -0.366 e. The van der Waals surface area contributed by atoms with Crippen molar-refractivity contribution in [3.8, 4) is 0 Å². The van der Waals surface area contributed by atoms with E-state index in [4.69, 9.17) is 5.73 Å². The normalized spacial score (nSPS) is 14.2. The first-order valence-electron chi connectivity index (χ1n) is 8.44. The summed E-state index contributed by atoms with van der Waals surface area (Å²) in [5, 5.41) is 2.85. The monoisotopic (exact) mass is 354 g/mol. The van der Waals surface area contributed by atoms with E-state index in [1.807, 2.05) is 26.0 Å². The Labute approximate surface area is 152 Å². The van der Waals surface area contributed by atoms with Crippen LogP contribution in [0.15, 0.2) is 30.5 Å². The summed E-state index contributed by atoms with van der Waals surface area (Å²) in [7, 11) is 0. The van der Waals surface area contributed by atoms with Crippen LogP contribution in [-0.4, -0.2) is 53.0 Å². The Morgan fingerprint density at radius 2 is 1.85 bits per heavy atom. The zero-order chi connectivity index (χ0) is 18.7. The molecule has 0 saturated carbocycles. The van der Waals surface area contributed by atoms with Gasteiger partial charge in [0, 0.05) is 43.6 Å². The molecule has 3 rings (SSSR count). The summed E-state index contributed by atoms with van der Waals surface area (Å²) in [6, 6.07) is 6.78. The lowest BCUT2D eigenvalue weighted by atomic mass is 10.1. The van der Waals surface area contributed by atoms with Gasteiger partial charge in [0.15, 0.2) is 0 Å². The molecule has 2 heterocycles. The predicted octanol–water partition coefficient (Wildman–Crippen LogP) is 1.55. The second kappa shape index (κ2) is 7.38. The fraction of sp³-hybridized carbons (Fsp3) is 0.333. The fourth-order valence-corrected chi connectivity index (χ4v) is 2.96. The number of urea groups is 1. The molecule has 8 nitrogen and oxygen atoms in total. The molecule has 0 unspecified atom stereocenters. The zero-order valence-corrected chi connectivity index (χ0v) is 14.9. The van der Waals surface area contributed by atoms with Gasteiger partial charge in [0.05, 0.1) is 0 Å². The van der Waals surface area contributed by atoms with Crippen molar-refractivity contribution in [3.05, 3.63) is 47.4 Å². The number of aromatic nitrogens is 2. The Morgan fingerprint density at radius 1 is 1.12 bits per heavy atom. The number of carbonyl (C=O) groups excluding carboxylic acids is 2. The first kappa shape index (κ1) is 17.7. The Balaban J connectivity index is 1.61. The van der Waals surface area contributed by atoms with E-state index in [0.717, 1.165) is 17.2 Å². The Kier molecular flexibility index (Phi) is 5.01. The quantitative estimate of drug-likeness (QED) is 0.870. The van der Waals surface area contributed by atoms with Crippen molar-refractivity contribution in [2.24, 2.45) is 5.73 Å². The molecule has 0 radical (unpaired) electrons. The highest BCUT2D eigenvalue weighted by Crippen LogP contribution is 2.17. The van der Waals surface area contributed by atoms with Crippen molar-refractivity contribution >= 4 is 23.4 Å². The molecule has 2 aromatic rings. The number of anilines is 2. The molecule has 0 atom stereocenters. The van der Waals surface area contributed by atoms with Gasteiger partial charge in [-0.15, -0.1) is 0 Å². The van der Waals surface area contributed by atoms with Crippen molar-refractivity contribution in [2.75, 3.05) is 36.4 Å². The van der Waals surface area contributed by atoms with E-state index in [0.29, 0.717) is 37.4 Å². The highest BCUT2D eigenvalue weighted by atomic mass is 16.2. The van der Waals surface area contributed by atoms with E-state index < -0.39 is 5.91 Å². The molecular formula is C18H22N6O2. The molecule has 0 bridgehead atoms. The van der Waals surface area contributed by atoms with E-state index in [2.05, 4.69) is 20.2 Å². The standard InChI is InChI=1S/C18H22N6O2/c1-12-9-14(17(19)25)11-15(10-12)22-18(26)24-7-5-23(6-8-24)16-3-4-20-13(2)21-16/h3-4,9-11H,5-8H2,1-2H3,(H2,19,25)(H,22,26). The topological polar surface area (TPSA) is 104 Å². The number of piperazine rings is 1. The van der Waals surface area contributed by atoms with E-state index in [1.165, 1.54) is 0 Å². The van der Waals surface area contributed by atoms with Gasteiger partial charge in [0.25, 0.3) is 0 Å². The molecule has 1 fully saturated rings. The lowest BCUT2D eigenvalue weighted by Crippen LogP contribution is -2.50. The largest absolute Gasteiger partial charge is 0.366 e. The third-order valence-corrected chi connectivity index (χ3v) is 4.27. The first-order chi connectivity index (χ1) is 12.4. The SMILES string of the molecule is Cc1cc(NC(=O)N2CCN(c3ccnc(C)n3)CC2)cc(C(N)=O)c1. The molecule has 3 N–H and O–H groups in total. The lowest BCUT2D eigenvalue weighted by Gasteiger charge is -2.35. The van der Waals surface area contributed by atoms with Crippen molar-refractivity contribution in [1.82, 2.24) is 14.9 Å². The average molecular weight is 354 g/mol. The summed E-state index contributed by atoms with van der Waals surface area (Å²) in [5.74, 6) is 1.09. The lowest BCUT2D eigenvalue weighted by molar-refractivity contribution is 0.1000. The van der Waals surface area contributed by atoms with Gasteiger partial charge >= 0.3 is 6.03 Å². The minimum atomic E-state index is -0.516. The van der Waals surface area contributed by atoms with Gasteiger partial charge in [-0.05, 0) is 43.7 Å². The summed E-state index contributed by atoms with van der Waals surface area (Å²) < 4.78 is 0. The van der Waals surface area contributed by atoms with E-state index in [9.17, 15) is 9.59 Å². The maximum Gasteiger partial charge on any atom is 0.321 e. The zero-order valence-electron chi connectivity index (χ0n) is 14.9. The number of primary amides is 1. The van der Waals surface area contributed by atoms with Gasteiger partial charge < -0.3 is 20.9 Å². The van der Waals surface area contributed by atoms with Crippen LogP contribution in [0.2, 0.25) is 0 Å². The molecular weight excluding hydrogens is 332 g/mol. The van der Waals surface area contributed by atoms with Crippen LogP contribution >= 0.6 is 0 Å². The van der Waals surface area contributed by atoms with Gasteiger partial charge in [-0.1, -0.05) is 0 Å². The number of aryl methyl sites for hydroxylation is 2. The Hall–Kier alpha value is -3.16. The second-order valence-electron chi connectivity index (χ2n) is 6.32. The average Bonchev–Trinajstić information content (AvgIpc) is 2.61. The number of nitrogens with two attached hydrogens (primary N) is 1. The number of amides is 3. The van der Waals surface area contributed by atoms with Crippen LogP contribution in [0.4, 0.5) is 16.3 Å². The van der Waals surface area contributed by atoms with Gasteiger partial charge in [-0.25, -0.2) is 14.8 Å². The van der Waals surface area contributed by atoms with Crippen LogP contribution < -0.4 is 16.0 Å². The smallest absolute Gasteiger partial charge is 0.321 e.